The van der Waals surface area contributed by atoms with Crippen molar-refractivity contribution in [3.05, 3.63) is 95.8 Å². The van der Waals surface area contributed by atoms with E-state index < -0.39 is 47.6 Å². The minimum Gasteiger partial charge on any atom is -0.387 e. The summed E-state index contributed by atoms with van der Waals surface area (Å²) in [6, 6.07) is 13.0. The third kappa shape index (κ3) is 11.0. The SMILES string of the molecule is CC(C)(C)[C@H](c1cc(-c2cc(F)ccc2F)cn1Cc1ccccc1)N(C[C@H](CN)NC(=O)CCC(=O)NCCN1COCC=CC1=O)C(=O)CO. The quantitative estimate of drug-likeness (QED) is 0.177. The van der Waals surface area contributed by atoms with Crippen LogP contribution in [0.3, 0.4) is 0 Å². The van der Waals surface area contributed by atoms with E-state index in [-0.39, 0.29) is 63.1 Å². The second-order valence-corrected chi connectivity index (χ2v) is 13.7. The van der Waals surface area contributed by atoms with Crippen LogP contribution in [0.4, 0.5) is 8.78 Å². The van der Waals surface area contributed by atoms with Gasteiger partial charge in [0.1, 0.15) is 25.0 Å². The zero-order chi connectivity index (χ0) is 37.8. The van der Waals surface area contributed by atoms with Gasteiger partial charge in [0, 0.05) is 74.7 Å². The molecule has 2 heterocycles. The van der Waals surface area contributed by atoms with E-state index in [2.05, 4.69) is 10.6 Å². The number of ether oxygens (including phenoxy) is 1. The largest absolute Gasteiger partial charge is 0.387 e. The summed E-state index contributed by atoms with van der Waals surface area (Å²) in [7, 11) is 0. The zero-order valence-corrected chi connectivity index (χ0v) is 29.8. The summed E-state index contributed by atoms with van der Waals surface area (Å²) in [6.45, 7) is 5.99. The van der Waals surface area contributed by atoms with Gasteiger partial charge in [-0.25, -0.2) is 8.78 Å². The fourth-order valence-corrected chi connectivity index (χ4v) is 6.14. The number of carbonyl (C=O) groups is 4. The van der Waals surface area contributed by atoms with E-state index in [4.69, 9.17) is 10.5 Å². The fraction of sp³-hybridized carbons (Fsp3) is 0.421. The highest BCUT2D eigenvalue weighted by atomic mass is 19.1. The minimum absolute atomic E-state index is 0.0542. The van der Waals surface area contributed by atoms with E-state index in [1.165, 1.54) is 15.9 Å². The lowest BCUT2D eigenvalue weighted by Gasteiger charge is -2.42. The normalized spacial score (nSPS) is 14.4. The molecule has 0 fully saturated rings. The number of nitrogens with two attached hydrogens (primary N) is 1. The van der Waals surface area contributed by atoms with Crippen LogP contribution in [0.2, 0.25) is 0 Å². The second kappa shape index (κ2) is 18.5. The lowest BCUT2D eigenvalue weighted by molar-refractivity contribution is -0.140. The third-order valence-electron chi connectivity index (χ3n) is 8.62. The Morgan fingerprint density at radius 1 is 1.06 bits per heavy atom. The summed E-state index contributed by atoms with van der Waals surface area (Å²) in [5.74, 6) is -2.90. The number of nitrogens with one attached hydrogen (secondary N) is 2. The maximum atomic E-state index is 15.0. The molecular formula is C38H48F2N6O6. The Labute approximate surface area is 302 Å². The molecule has 1 aliphatic heterocycles. The molecule has 1 aliphatic rings. The first-order valence-electron chi connectivity index (χ1n) is 17.2. The van der Waals surface area contributed by atoms with Crippen LogP contribution in [0.15, 0.2) is 72.9 Å². The van der Waals surface area contributed by atoms with Crippen molar-refractivity contribution in [3.8, 4) is 11.1 Å². The summed E-state index contributed by atoms with van der Waals surface area (Å²) in [5.41, 5.74) is 7.40. The summed E-state index contributed by atoms with van der Waals surface area (Å²) in [6.07, 6.45) is 4.47. The van der Waals surface area contributed by atoms with Gasteiger partial charge in [-0.15, -0.1) is 0 Å². The Morgan fingerprint density at radius 3 is 2.48 bits per heavy atom. The molecule has 12 nitrogen and oxygen atoms in total. The average Bonchev–Trinajstić information content (AvgIpc) is 3.39. The van der Waals surface area contributed by atoms with E-state index in [0.29, 0.717) is 24.4 Å². The number of aliphatic hydroxyl groups is 1. The van der Waals surface area contributed by atoms with Crippen molar-refractivity contribution in [3.63, 3.8) is 0 Å². The Bertz CT molecular complexity index is 1720. The first kappa shape index (κ1) is 39.9. The molecule has 14 heteroatoms. The maximum absolute atomic E-state index is 15.0. The van der Waals surface area contributed by atoms with Crippen LogP contribution in [0, 0.1) is 17.0 Å². The average molecular weight is 723 g/mol. The van der Waals surface area contributed by atoms with Gasteiger partial charge >= 0.3 is 0 Å². The van der Waals surface area contributed by atoms with Crippen molar-refractivity contribution in [1.82, 2.24) is 25.0 Å². The molecular weight excluding hydrogens is 674 g/mol. The molecule has 0 spiro atoms. The first-order chi connectivity index (χ1) is 24.8. The monoisotopic (exact) mass is 722 g/mol. The Hall–Kier alpha value is -4.92. The van der Waals surface area contributed by atoms with Gasteiger partial charge in [0.25, 0.3) is 0 Å². The lowest BCUT2D eigenvalue weighted by Crippen LogP contribution is -2.53. The van der Waals surface area contributed by atoms with Gasteiger partial charge in [-0.05, 0) is 35.2 Å². The van der Waals surface area contributed by atoms with Gasteiger partial charge in [-0.2, -0.15) is 0 Å². The topological polar surface area (TPSA) is 159 Å². The number of rotatable bonds is 16. The van der Waals surface area contributed by atoms with Gasteiger partial charge in [0.2, 0.25) is 23.6 Å². The number of amides is 4. The van der Waals surface area contributed by atoms with Gasteiger partial charge in [-0.3, -0.25) is 19.2 Å². The number of carbonyl (C=O) groups excluding carboxylic acids is 4. The molecule has 2 aromatic carbocycles. The predicted octanol–water partition coefficient (Wildman–Crippen LogP) is 3.10. The molecule has 0 saturated heterocycles. The number of aliphatic hydroxyl groups excluding tert-OH is 1. The van der Waals surface area contributed by atoms with Crippen molar-refractivity contribution < 1.29 is 37.8 Å². The predicted molar refractivity (Wildman–Crippen MR) is 191 cm³/mol. The Kier molecular flexibility index (Phi) is 14.2. The number of benzene rings is 2. The Morgan fingerprint density at radius 2 is 1.79 bits per heavy atom. The molecule has 0 aliphatic carbocycles. The summed E-state index contributed by atoms with van der Waals surface area (Å²) >= 11 is 0. The van der Waals surface area contributed by atoms with E-state index in [1.54, 1.807) is 18.3 Å². The molecule has 3 aromatic rings. The van der Waals surface area contributed by atoms with Crippen LogP contribution in [-0.2, 0) is 30.5 Å². The van der Waals surface area contributed by atoms with Crippen LogP contribution in [-0.4, -0.2) is 95.3 Å². The van der Waals surface area contributed by atoms with Gasteiger partial charge < -0.3 is 40.6 Å². The number of nitrogens with zero attached hydrogens (tertiary/aromatic N) is 3. The molecule has 0 saturated carbocycles. The molecule has 4 rings (SSSR count). The van der Waals surface area contributed by atoms with Crippen molar-refractivity contribution in [2.24, 2.45) is 11.1 Å². The van der Waals surface area contributed by atoms with Crippen molar-refractivity contribution >= 4 is 23.6 Å². The van der Waals surface area contributed by atoms with Crippen molar-refractivity contribution in [1.29, 1.82) is 0 Å². The van der Waals surface area contributed by atoms with Crippen LogP contribution in [0.1, 0.15) is 50.9 Å². The van der Waals surface area contributed by atoms with E-state index >= 15 is 4.39 Å². The van der Waals surface area contributed by atoms with Crippen LogP contribution >= 0.6 is 0 Å². The van der Waals surface area contributed by atoms with Gasteiger partial charge in [0.15, 0.2) is 0 Å². The molecule has 52 heavy (non-hydrogen) atoms. The summed E-state index contributed by atoms with van der Waals surface area (Å²) in [4.78, 5) is 54.0. The maximum Gasteiger partial charge on any atom is 0.248 e. The second-order valence-electron chi connectivity index (χ2n) is 13.7. The van der Waals surface area contributed by atoms with Crippen LogP contribution in [0.5, 0.6) is 0 Å². The van der Waals surface area contributed by atoms with Crippen molar-refractivity contribution in [2.45, 2.75) is 52.2 Å². The zero-order valence-electron chi connectivity index (χ0n) is 29.8. The number of aromatic nitrogens is 1. The van der Waals surface area contributed by atoms with E-state index in [1.807, 2.05) is 55.7 Å². The highest BCUT2D eigenvalue weighted by molar-refractivity contribution is 5.88. The molecule has 5 N–H and O–H groups in total. The molecule has 0 radical (unpaired) electrons. The highest BCUT2D eigenvalue weighted by Gasteiger charge is 2.38. The first-order valence-corrected chi connectivity index (χ1v) is 17.2. The molecule has 0 bridgehead atoms. The molecule has 2 atom stereocenters. The fourth-order valence-electron chi connectivity index (χ4n) is 6.14. The Balaban J connectivity index is 1.52. The van der Waals surface area contributed by atoms with E-state index in [9.17, 15) is 28.7 Å². The highest BCUT2D eigenvalue weighted by Crippen LogP contribution is 2.41. The standard InChI is InChI=1S/C38H48F2N6O6/c1-38(2,3)37(32-18-27(30-19-28(39)11-12-31(30)40)22-45(32)21-26-8-5-4-6-9-26)46(36(51)24-47)23-29(20-41)43-34(49)14-13-33(48)42-15-16-44-25-52-17-7-10-35(44)50/h4-12,18-19,22,29,37,47H,13-17,20-21,23-25,41H2,1-3H3,(H,42,48)(H,43,49)/t29-,37-/m0/s1. The van der Waals surface area contributed by atoms with Crippen LogP contribution in [0.25, 0.3) is 11.1 Å². The van der Waals surface area contributed by atoms with Crippen molar-refractivity contribution in [2.75, 3.05) is 46.1 Å². The molecule has 1 aromatic heterocycles. The number of halogens is 2. The third-order valence-corrected chi connectivity index (χ3v) is 8.62. The van der Waals surface area contributed by atoms with Gasteiger partial charge in [-0.1, -0.05) is 57.2 Å². The summed E-state index contributed by atoms with van der Waals surface area (Å²) in [5, 5.41) is 15.6. The van der Waals surface area contributed by atoms with Crippen LogP contribution < -0.4 is 16.4 Å². The minimum atomic E-state index is -0.825. The van der Waals surface area contributed by atoms with E-state index in [0.717, 1.165) is 23.8 Å². The summed E-state index contributed by atoms with van der Waals surface area (Å²) < 4.78 is 36.5. The smallest absolute Gasteiger partial charge is 0.248 e. The molecule has 0 unspecified atom stereocenters. The molecule has 280 valence electrons. The van der Waals surface area contributed by atoms with Gasteiger partial charge in [0.05, 0.1) is 18.7 Å². The molecule has 4 amide bonds. The number of hydrogen-bond donors (Lipinski definition) is 4. The number of hydrogen-bond acceptors (Lipinski definition) is 7. The lowest BCUT2D eigenvalue weighted by atomic mass is 9.82.